The van der Waals surface area contributed by atoms with Gasteiger partial charge in [-0.2, -0.15) is 0 Å². The third-order valence-electron chi connectivity index (χ3n) is 3.82. The van der Waals surface area contributed by atoms with E-state index >= 15 is 0 Å². The fraction of sp³-hybridized carbons (Fsp3) is 0.800. The summed E-state index contributed by atoms with van der Waals surface area (Å²) in [5, 5.41) is 3.53. The van der Waals surface area contributed by atoms with Gasteiger partial charge >= 0.3 is 0 Å². The average molecular weight is 280 g/mol. The Bertz CT molecular complexity index is 374. The first kappa shape index (κ1) is 15.3. The van der Waals surface area contributed by atoms with E-state index in [4.69, 9.17) is 4.74 Å². The van der Waals surface area contributed by atoms with Gasteiger partial charge in [-0.1, -0.05) is 6.42 Å². The maximum atomic E-state index is 5.10. The molecule has 2 heterocycles. The van der Waals surface area contributed by atoms with E-state index in [1.54, 1.807) is 7.11 Å². The molecule has 1 unspecified atom stereocenters. The smallest absolute Gasteiger partial charge is 0.203 e. The molecule has 0 bridgehead atoms. The minimum Gasteiger partial charge on any atom is -0.385 e. The number of nitrogens with zero attached hydrogens (tertiary/aromatic N) is 3. The lowest BCUT2D eigenvalue weighted by Gasteiger charge is -2.29. The molecule has 0 spiro atoms. The molecule has 1 aliphatic heterocycles. The first-order chi connectivity index (χ1) is 9.79. The second-order valence-corrected chi connectivity index (χ2v) is 5.70. The molecule has 1 atom stereocenters. The Morgan fingerprint density at radius 3 is 2.90 bits per heavy atom. The first-order valence-electron chi connectivity index (χ1n) is 7.78. The number of hydrogen-bond donors (Lipinski definition) is 1. The van der Waals surface area contributed by atoms with Gasteiger partial charge in [-0.15, -0.1) is 0 Å². The molecule has 0 radical (unpaired) electrons. The molecular formula is C15H28N4O. The maximum absolute atomic E-state index is 5.10. The highest BCUT2D eigenvalue weighted by molar-refractivity contribution is 5.27. The second kappa shape index (κ2) is 8.27. The van der Waals surface area contributed by atoms with E-state index in [-0.39, 0.29) is 0 Å². The van der Waals surface area contributed by atoms with E-state index in [1.807, 2.05) is 12.4 Å². The topological polar surface area (TPSA) is 42.3 Å². The summed E-state index contributed by atoms with van der Waals surface area (Å²) in [6, 6.07) is 0.427. The van der Waals surface area contributed by atoms with E-state index in [0.717, 1.165) is 32.1 Å². The minimum absolute atomic E-state index is 0.427. The lowest BCUT2D eigenvalue weighted by Crippen LogP contribution is -2.38. The molecule has 1 aromatic rings. The van der Waals surface area contributed by atoms with Crippen molar-refractivity contribution < 1.29 is 4.74 Å². The van der Waals surface area contributed by atoms with Gasteiger partial charge < -0.3 is 19.5 Å². The molecule has 1 N–H and O–H groups in total. The highest BCUT2D eigenvalue weighted by Crippen LogP contribution is 2.11. The number of likely N-dealkylation sites (tertiary alicyclic amines) is 1. The van der Waals surface area contributed by atoms with Crippen LogP contribution in [0.2, 0.25) is 0 Å². The molecule has 0 saturated carbocycles. The van der Waals surface area contributed by atoms with E-state index < -0.39 is 0 Å². The van der Waals surface area contributed by atoms with Crippen LogP contribution in [0.3, 0.4) is 0 Å². The van der Waals surface area contributed by atoms with Crippen molar-refractivity contribution in [3.05, 3.63) is 12.4 Å². The van der Waals surface area contributed by atoms with Crippen molar-refractivity contribution in [3.63, 3.8) is 0 Å². The van der Waals surface area contributed by atoms with Gasteiger partial charge in [0.2, 0.25) is 5.95 Å². The zero-order valence-corrected chi connectivity index (χ0v) is 12.8. The van der Waals surface area contributed by atoms with Gasteiger partial charge in [0.15, 0.2) is 0 Å². The monoisotopic (exact) mass is 280 g/mol. The van der Waals surface area contributed by atoms with Crippen LogP contribution in [0, 0.1) is 0 Å². The molecule has 1 fully saturated rings. The predicted octanol–water partition coefficient (Wildman–Crippen LogP) is 2.21. The molecule has 114 valence electrons. The van der Waals surface area contributed by atoms with Crippen LogP contribution >= 0.6 is 0 Å². The lowest BCUT2D eigenvalue weighted by molar-refractivity contribution is 0.190. The van der Waals surface area contributed by atoms with Gasteiger partial charge in [-0.05, 0) is 39.3 Å². The van der Waals surface area contributed by atoms with Crippen LogP contribution in [0.5, 0.6) is 0 Å². The highest BCUT2D eigenvalue weighted by atomic mass is 16.5. The van der Waals surface area contributed by atoms with Crippen molar-refractivity contribution >= 4 is 5.95 Å². The molecule has 2 rings (SSSR count). The summed E-state index contributed by atoms with van der Waals surface area (Å²) >= 11 is 0. The van der Waals surface area contributed by atoms with Crippen LogP contribution in [0.25, 0.3) is 0 Å². The van der Waals surface area contributed by atoms with Crippen LogP contribution < -0.4 is 5.32 Å². The second-order valence-electron chi connectivity index (χ2n) is 5.70. The van der Waals surface area contributed by atoms with Gasteiger partial charge in [0.25, 0.3) is 0 Å². The third kappa shape index (κ3) is 4.80. The van der Waals surface area contributed by atoms with Crippen LogP contribution in [-0.4, -0.2) is 53.8 Å². The Hall–Kier alpha value is -1.07. The number of hydrogen-bond acceptors (Lipinski definition) is 4. The number of anilines is 1. The molecule has 1 aliphatic rings. The number of ether oxygens (including phenoxy) is 1. The van der Waals surface area contributed by atoms with E-state index in [9.17, 15) is 0 Å². The lowest BCUT2D eigenvalue weighted by atomic mass is 10.1. The number of nitrogens with one attached hydrogen (secondary N) is 1. The summed E-state index contributed by atoms with van der Waals surface area (Å²) in [6.45, 7) is 7.57. The Morgan fingerprint density at radius 2 is 2.15 bits per heavy atom. The Balaban J connectivity index is 1.78. The molecule has 20 heavy (non-hydrogen) atoms. The fourth-order valence-corrected chi connectivity index (χ4v) is 2.80. The highest BCUT2D eigenvalue weighted by Gasteiger charge is 2.14. The van der Waals surface area contributed by atoms with Crippen molar-refractivity contribution in [2.45, 2.75) is 45.2 Å². The molecule has 0 amide bonds. The maximum Gasteiger partial charge on any atom is 0.203 e. The first-order valence-corrected chi connectivity index (χ1v) is 7.78. The van der Waals surface area contributed by atoms with Crippen LogP contribution in [-0.2, 0) is 11.3 Å². The van der Waals surface area contributed by atoms with Crippen molar-refractivity contribution in [1.29, 1.82) is 0 Å². The molecule has 1 aromatic heterocycles. The van der Waals surface area contributed by atoms with Crippen molar-refractivity contribution in [2.24, 2.45) is 0 Å². The summed E-state index contributed by atoms with van der Waals surface area (Å²) < 4.78 is 7.27. The number of imidazole rings is 1. The molecule has 1 saturated heterocycles. The standard InChI is InChI=1S/C15H28N4O/c1-14(13-18-8-4-3-5-9-18)17-15-16-7-11-19(15)10-6-12-20-2/h7,11,14H,3-6,8-10,12-13H2,1-2H3,(H,16,17). The van der Waals surface area contributed by atoms with E-state index in [1.165, 1.54) is 32.4 Å². The zero-order chi connectivity index (χ0) is 14.2. The van der Waals surface area contributed by atoms with E-state index in [2.05, 4.69) is 26.7 Å². The normalized spacial score (nSPS) is 18.1. The Labute approximate surface area is 122 Å². The number of aryl methyl sites for hydroxylation is 1. The quantitative estimate of drug-likeness (QED) is 0.741. The SMILES string of the molecule is COCCCn1ccnc1NC(C)CN1CCCCC1. The van der Waals surface area contributed by atoms with Gasteiger partial charge in [0.1, 0.15) is 0 Å². The number of aromatic nitrogens is 2. The van der Waals surface area contributed by atoms with Crippen molar-refractivity contribution in [1.82, 2.24) is 14.5 Å². The van der Waals surface area contributed by atoms with Crippen LogP contribution in [0.1, 0.15) is 32.6 Å². The van der Waals surface area contributed by atoms with Gasteiger partial charge in [0, 0.05) is 45.2 Å². The third-order valence-corrected chi connectivity index (χ3v) is 3.82. The summed E-state index contributed by atoms with van der Waals surface area (Å²) in [6.07, 6.45) is 9.00. The molecular weight excluding hydrogens is 252 g/mol. The summed E-state index contributed by atoms with van der Waals surface area (Å²) in [5.41, 5.74) is 0. The van der Waals surface area contributed by atoms with Crippen molar-refractivity contribution in [3.8, 4) is 0 Å². The summed E-state index contributed by atoms with van der Waals surface area (Å²) in [5.74, 6) is 0.977. The summed E-state index contributed by atoms with van der Waals surface area (Å²) in [7, 11) is 1.74. The Kier molecular flexibility index (Phi) is 6.33. The fourth-order valence-electron chi connectivity index (χ4n) is 2.80. The Morgan fingerprint density at radius 1 is 1.35 bits per heavy atom. The average Bonchev–Trinajstić information content (AvgIpc) is 2.87. The molecule has 0 aliphatic carbocycles. The van der Waals surface area contributed by atoms with Gasteiger partial charge in [0.05, 0.1) is 0 Å². The van der Waals surface area contributed by atoms with Gasteiger partial charge in [-0.25, -0.2) is 4.98 Å². The van der Waals surface area contributed by atoms with Crippen LogP contribution in [0.4, 0.5) is 5.95 Å². The minimum atomic E-state index is 0.427. The summed E-state index contributed by atoms with van der Waals surface area (Å²) in [4.78, 5) is 6.98. The zero-order valence-electron chi connectivity index (χ0n) is 12.8. The number of rotatable bonds is 8. The molecule has 5 nitrogen and oxygen atoms in total. The number of piperidine rings is 1. The molecule has 5 heteroatoms. The number of methoxy groups -OCH3 is 1. The largest absolute Gasteiger partial charge is 0.385 e. The van der Waals surface area contributed by atoms with Gasteiger partial charge in [-0.3, -0.25) is 0 Å². The van der Waals surface area contributed by atoms with Crippen molar-refractivity contribution in [2.75, 3.05) is 38.7 Å². The predicted molar refractivity (Wildman–Crippen MR) is 82.1 cm³/mol. The van der Waals surface area contributed by atoms with E-state index in [0.29, 0.717) is 6.04 Å². The molecule has 0 aromatic carbocycles. The van der Waals surface area contributed by atoms with Crippen LogP contribution in [0.15, 0.2) is 12.4 Å².